The highest BCUT2D eigenvalue weighted by atomic mass is 16.3. The molecule has 7 nitrogen and oxygen atoms in total. The molecule has 3 rings (SSSR count). The predicted molar refractivity (Wildman–Crippen MR) is 86.3 cm³/mol. The van der Waals surface area contributed by atoms with Gasteiger partial charge in [0, 0.05) is 44.6 Å². The summed E-state index contributed by atoms with van der Waals surface area (Å²) in [6, 6.07) is 5.47. The molecule has 0 unspecified atom stereocenters. The molecule has 23 heavy (non-hydrogen) atoms. The van der Waals surface area contributed by atoms with E-state index in [0.717, 1.165) is 11.5 Å². The van der Waals surface area contributed by atoms with Crippen molar-refractivity contribution in [2.45, 2.75) is 18.9 Å². The Morgan fingerprint density at radius 2 is 2.30 bits per heavy atom. The number of aromatic nitrogens is 3. The average Bonchev–Trinajstić information content (AvgIpc) is 3.12. The van der Waals surface area contributed by atoms with E-state index < -0.39 is 5.60 Å². The van der Waals surface area contributed by atoms with Gasteiger partial charge in [-0.25, -0.2) is 9.97 Å². The quantitative estimate of drug-likeness (QED) is 0.858. The summed E-state index contributed by atoms with van der Waals surface area (Å²) >= 11 is 0. The third-order valence-corrected chi connectivity index (χ3v) is 4.20. The highest BCUT2D eigenvalue weighted by molar-refractivity contribution is 5.92. The molecule has 2 N–H and O–H groups in total. The maximum absolute atomic E-state index is 12.1. The van der Waals surface area contributed by atoms with Crippen molar-refractivity contribution >= 4 is 11.7 Å². The summed E-state index contributed by atoms with van der Waals surface area (Å²) in [6.07, 6.45) is 3.93. The number of nitrogens with one attached hydrogen (secondary N) is 1. The number of carbonyl (C=O) groups is 1. The molecule has 1 aliphatic heterocycles. The van der Waals surface area contributed by atoms with E-state index >= 15 is 0 Å². The first kappa shape index (κ1) is 15.5. The van der Waals surface area contributed by atoms with Crippen LogP contribution in [0.4, 0.5) is 5.82 Å². The van der Waals surface area contributed by atoms with Gasteiger partial charge in [-0.05, 0) is 25.5 Å². The van der Waals surface area contributed by atoms with Crippen LogP contribution in [0.5, 0.6) is 0 Å². The molecule has 122 valence electrons. The van der Waals surface area contributed by atoms with Gasteiger partial charge in [-0.1, -0.05) is 0 Å². The molecule has 7 heteroatoms. The number of hydrogen-bond acceptors (Lipinski definition) is 5. The molecule has 0 spiro atoms. The Hall–Kier alpha value is -2.41. The molecule has 0 aromatic carbocycles. The molecule has 2 aromatic rings. The number of anilines is 1. The lowest BCUT2D eigenvalue weighted by Gasteiger charge is -2.24. The van der Waals surface area contributed by atoms with Crippen molar-refractivity contribution in [3.63, 3.8) is 0 Å². The standard InChI is InChI=1S/C16H21N5O2/c1-12-8-14(19-11-18-12)21-7-5-16(23,10-21)9-17-15(22)13-4-3-6-20(13)2/h3-4,6,8,11,23H,5,7,9-10H2,1-2H3,(H,17,22)/t16-/m1/s1. The summed E-state index contributed by atoms with van der Waals surface area (Å²) in [4.78, 5) is 22.5. The minimum Gasteiger partial charge on any atom is -0.386 e. The molecule has 1 fully saturated rings. The zero-order valence-corrected chi connectivity index (χ0v) is 13.4. The van der Waals surface area contributed by atoms with Crippen molar-refractivity contribution in [1.29, 1.82) is 0 Å². The predicted octanol–water partition coefficient (Wildman–Crippen LogP) is 0.495. The Bertz CT molecular complexity index is 714. The molecule has 0 radical (unpaired) electrons. The maximum Gasteiger partial charge on any atom is 0.267 e. The second-order valence-electron chi connectivity index (χ2n) is 6.10. The van der Waals surface area contributed by atoms with Crippen molar-refractivity contribution in [2.75, 3.05) is 24.5 Å². The molecule has 0 bridgehead atoms. The second-order valence-corrected chi connectivity index (χ2v) is 6.10. The molecule has 0 aliphatic carbocycles. The van der Waals surface area contributed by atoms with Crippen molar-refractivity contribution in [3.8, 4) is 0 Å². The monoisotopic (exact) mass is 315 g/mol. The fraction of sp³-hybridized carbons (Fsp3) is 0.438. The molecule has 3 heterocycles. The van der Waals surface area contributed by atoms with Crippen molar-refractivity contribution in [3.05, 3.63) is 42.1 Å². The minimum absolute atomic E-state index is 0.178. The summed E-state index contributed by atoms with van der Waals surface area (Å²) in [7, 11) is 1.82. The van der Waals surface area contributed by atoms with E-state index in [2.05, 4.69) is 15.3 Å². The highest BCUT2D eigenvalue weighted by Crippen LogP contribution is 2.25. The first-order chi connectivity index (χ1) is 11.0. The Labute approximate surface area is 135 Å². The van der Waals surface area contributed by atoms with Gasteiger partial charge < -0.3 is 19.9 Å². The van der Waals surface area contributed by atoms with Gasteiger partial charge in [-0.3, -0.25) is 4.79 Å². The number of carbonyl (C=O) groups excluding carboxylic acids is 1. The fourth-order valence-electron chi connectivity index (χ4n) is 2.84. The first-order valence-electron chi connectivity index (χ1n) is 7.62. The topological polar surface area (TPSA) is 83.3 Å². The Balaban J connectivity index is 1.61. The summed E-state index contributed by atoms with van der Waals surface area (Å²) in [5.74, 6) is 0.629. The summed E-state index contributed by atoms with van der Waals surface area (Å²) in [5, 5.41) is 13.5. The maximum atomic E-state index is 12.1. The summed E-state index contributed by atoms with van der Waals surface area (Å²) < 4.78 is 1.75. The van der Waals surface area contributed by atoms with E-state index in [1.807, 2.05) is 37.2 Å². The number of nitrogens with zero attached hydrogens (tertiary/aromatic N) is 4. The first-order valence-corrected chi connectivity index (χ1v) is 7.62. The molecule has 2 aromatic heterocycles. The number of rotatable bonds is 4. The number of amides is 1. The molecule has 0 saturated carbocycles. The third-order valence-electron chi connectivity index (χ3n) is 4.20. The van der Waals surface area contributed by atoms with E-state index in [1.165, 1.54) is 6.33 Å². The zero-order valence-electron chi connectivity index (χ0n) is 13.4. The van der Waals surface area contributed by atoms with Crippen molar-refractivity contribution in [1.82, 2.24) is 19.9 Å². The smallest absolute Gasteiger partial charge is 0.267 e. The lowest BCUT2D eigenvalue weighted by Crippen LogP contribution is -2.45. The number of aryl methyl sites for hydroxylation is 2. The molecule has 1 amide bonds. The van der Waals surface area contributed by atoms with E-state index in [0.29, 0.717) is 25.2 Å². The highest BCUT2D eigenvalue weighted by Gasteiger charge is 2.37. The van der Waals surface area contributed by atoms with Crippen LogP contribution in [0.3, 0.4) is 0 Å². The van der Waals surface area contributed by atoms with Gasteiger partial charge in [0.15, 0.2) is 0 Å². The third kappa shape index (κ3) is 3.34. The van der Waals surface area contributed by atoms with Gasteiger partial charge in [0.1, 0.15) is 23.4 Å². The molecule has 1 saturated heterocycles. The van der Waals surface area contributed by atoms with E-state index in [1.54, 1.807) is 10.6 Å². The van der Waals surface area contributed by atoms with Crippen LogP contribution in [0, 0.1) is 6.92 Å². The summed E-state index contributed by atoms with van der Waals surface area (Å²) in [5.41, 5.74) is 0.525. The SMILES string of the molecule is Cc1cc(N2CC[C@@](O)(CNC(=O)c3cccn3C)C2)ncn1. The minimum atomic E-state index is -0.945. The van der Waals surface area contributed by atoms with Crippen LogP contribution in [-0.4, -0.2) is 50.8 Å². The van der Waals surface area contributed by atoms with Crippen LogP contribution in [0.1, 0.15) is 22.6 Å². The number of hydrogen-bond donors (Lipinski definition) is 2. The van der Waals surface area contributed by atoms with Gasteiger partial charge in [-0.15, -0.1) is 0 Å². The lowest BCUT2D eigenvalue weighted by molar-refractivity contribution is 0.0573. The largest absolute Gasteiger partial charge is 0.386 e. The fourth-order valence-corrected chi connectivity index (χ4v) is 2.84. The molecule has 1 atom stereocenters. The average molecular weight is 315 g/mol. The van der Waals surface area contributed by atoms with Gasteiger partial charge in [0.2, 0.25) is 0 Å². The van der Waals surface area contributed by atoms with Gasteiger partial charge in [-0.2, -0.15) is 0 Å². The molecular formula is C16H21N5O2. The van der Waals surface area contributed by atoms with Gasteiger partial charge >= 0.3 is 0 Å². The van der Waals surface area contributed by atoms with Crippen LogP contribution in [0.2, 0.25) is 0 Å². The summed E-state index contributed by atoms with van der Waals surface area (Å²) in [6.45, 7) is 3.27. The number of β-amino-alcohol motifs (C(OH)–C–C–N with tert-alkyl or cyclic N) is 1. The lowest BCUT2D eigenvalue weighted by atomic mass is 10.0. The zero-order chi connectivity index (χ0) is 16.4. The molecule has 1 aliphatic rings. The van der Waals surface area contributed by atoms with Crippen LogP contribution >= 0.6 is 0 Å². The number of aliphatic hydroxyl groups is 1. The second kappa shape index (κ2) is 6.00. The Kier molecular flexibility index (Phi) is 4.04. The van der Waals surface area contributed by atoms with Gasteiger partial charge in [0.25, 0.3) is 5.91 Å². The van der Waals surface area contributed by atoms with Crippen LogP contribution in [-0.2, 0) is 7.05 Å². The Morgan fingerprint density at radius 1 is 1.48 bits per heavy atom. The Morgan fingerprint density at radius 3 is 3.00 bits per heavy atom. The van der Waals surface area contributed by atoms with E-state index in [9.17, 15) is 9.90 Å². The van der Waals surface area contributed by atoms with Crippen LogP contribution < -0.4 is 10.2 Å². The van der Waals surface area contributed by atoms with Crippen LogP contribution in [0.25, 0.3) is 0 Å². The normalized spacial score (nSPS) is 20.7. The van der Waals surface area contributed by atoms with E-state index in [-0.39, 0.29) is 12.5 Å². The van der Waals surface area contributed by atoms with Crippen molar-refractivity contribution < 1.29 is 9.90 Å². The van der Waals surface area contributed by atoms with Gasteiger partial charge in [0.05, 0.1) is 0 Å². The van der Waals surface area contributed by atoms with E-state index in [4.69, 9.17) is 0 Å². The molecular weight excluding hydrogens is 294 g/mol. The van der Waals surface area contributed by atoms with Crippen LogP contribution in [0.15, 0.2) is 30.7 Å². The van der Waals surface area contributed by atoms with Crippen molar-refractivity contribution in [2.24, 2.45) is 7.05 Å².